The molecule has 17 heavy (non-hydrogen) atoms. The molecule has 2 rings (SSSR count). The summed E-state index contributed by atoms with van der Waals surface area (Å²) in [7, 11) is 0. The second kappa shape index (κ2) is 4.76. The molecule has 0 saturated heterocycles. The van der Waals surface area contributed by atoms with Gasteiger partial charge >= 0.3 is 5.95 Å². The van der Waals surface area contributed by atoms with Gasteiger partial charge in [-0.1, -0.05) is 11.6 Å². The third-order valence-electron chi connectivity index (χ3n) is 1.90. The van der Waals surface area contributed by atoms with Crippen molar-refractivity contribution in [2.24, 2.45) is 0 Å². The van der Waals surface area contributed by atoms with E-state index in [0.29, 0.717) is 11.7 Å². The Balaban J connectivity index is 2.27. The Morgan fingerprint density at radius 1 is 1.59 bits per heavy atom. The van der Waals surface area contributed by atoms with Gasteiger partial charge in [0.2, 0.25) is 0 Å². The number of hydrogen-bond donors (Lipinski definition) is 0. The van der Waals surface area contributed by atoms with E-state index in [1.807, 2.05) is 0 Å². The van der Waals surface area contributed by atoms with Gasteiger partial charge in [0.15, 0.2) is 0 Å². The van der Waals surface area contributed by atoms with Crippen LogP contribution in [0.15, 0.2) is 23.1 Å². The summed E-state index contributed by atoms with van der Waals surface area (Å²) in [5, 5.41) is 14.6. The number of nitro groups is 1. The fourth-order valence-electron chi connectivity index (χ4n) is 1.20. The van der Waals surface area contributed by atoms with Crippen LogP contribution >= 0.6 is 27.5 Å². The predicted molar refractivity (Wildman–Crippen MR) is 62.7 cm³/mol. The lowest BCUT2D eigenvalue weighted by Crippen LogP contribution is -2.03. The van der Waals surface area contributed by atoms with Gasteiger partial charge in [0.25, 0.3) is 4.73 Å². The topological polar surface area (TPSA) is 86.7 Å². The molecule has 9 heteroatoms. The van der Waals surface area contributed by atoms with Gasteiger partial charge in [0.05, 0.1) is 6.54 Å². The Kier molecular flexibility index (Phi) is 3.34. The van der Waals surface area contributed by atoms with Gasteiger partial charge in [-0.05, 0) is 27.6 Å². The molecule has 2 aromatic heterocycles. The highest BCUT2D eigenvalue weighted by Gasteiger charge is 2.19. The Bertz CT molecular complexity index is 573. The summed E-state index contributed by atoms with van der Waals surface area (Å²) in [6.45, 7) is 0.323. The molecule has 2 heterocycles. The molecular weight excluding hydrogens is 313 g/mol. The molecule has 0 unspecified atom stereocenters. The molecule has 0 bridgehead atoms. The molecule has 7 nitrogen and oxygen atoms in total. The summed E-state index contributed by atoms with van der Waals surface area (Å²) in [6.07, 6.45) is 1.55. The molecule has 0 aromatic carbocycles. The highest BCUT2D eigenvalue weighted by Crippen LogP contribution is 2.15. The molecule has 88 valence electrons. The molecule has 0 spiro atoms. The normalized spacial score (nSPS) is 10.5. The van der Waals surface area contributed by atoms with Crippen molar-refractivity contribution in [3.63, 3.8) is 0 Å². The smallest absolute Gasteiger partial charge is 0.390 e. The fraction of sp³-hybridized carbons (Fsp3) is 0.125. The molecule has 2 aromatic rings. The van der Waals surface area contributed by atoms with Crippen molar-refractivity contribution in [3.05, 3.63) is 43.9 Å². The van der Waals surface area contributed by atoms with Crippen molar-refractivity contribution < 1.29 is 4.92 Å². The summed E-state index contributed by atoms with van der Waals surface area (Å²) in [4.78, 5) is 17.3. The van der Waals surface area contributed by atoms with Crippen molar-refractivity contribution in [3.8, 4) is 0 Å². The van der Waals surface area contributed by atoms with Gasteiger partial charge in [0, 0.05) is 27.2 Å². The maximum absolute atomic E-state index is 10.5. The number of rotatable bonds is 3. The monoisotopic (exact) mass is 317 g/mol. The van der Waals surface area contributed by atoms with Gasteiger partial charge in [-0.3, -0.25) is 0 Å². The quantitative estimate of drug-likeness (QED) is 0.491. The molecule has 0 atom stereocenters. The van der Waals surface area contributed by atoms with Crippen LogP contribution in [-0.4, -0.2) is 24.7 Å². The first-order chi connectivity index (χ1) is 8.06. The first-order valence-corrected chi connectivity index (χ1v) is 5.58. The molecule has 0 N–H and O–H groups in total. The van der Waals surface area contributed by atoms with E-state index >= 15 is 0 Å². The van der Waals surface area contributed by atoms with Gasteiger partial charge in [0.1, 0.15) is 5.15 Å². The van der Waals surface area contributed by atoms with Crippen LogP contribution in [0.5, 0.6) is 0 Å². The predicted octanol–water partition coefficient (Wildman–Crippen LogP) is 2.05. The van der Waals surface area contributed by atoms with Gasteiger partial charge < -0.3 is 10.1 Å². The van der Waals surface area contributed by atoms with Crippen LogP contribution in [0.25, 0.3) is 0 Å². The molecule has 0 radical (unpaired) electrons. The number of hydrogen-bond acceptors (Lipinski definition) is 5. The van der Waals surface area contributed by atoms with E-state index < -0.39 is 10.9 Å². The average Bonchev–Trinajstić information content (AvgIpc) is 2.61. The minimum atomic E-state index is -0.652. The number of pyridine rings is 1. The molecule has 0 amide bonds. The molecule has 0 aliphatic rings. The van der Waals surface area contributed by atoms with Gasteiger partial charge in [-0.2, -0.15) is 4.68 Å². The highest BCUT2D eigenvalue weighted by atomic mass is 79.9. The van der Waals surface area contributed by atoms with E-state index in [-0.39, 0.29) is 4.73 Å². The van der Waals surface area contributed by atoms with Crippen LogP contribution in [0.3, 0.4) is 0 Å². The van der Waals surface area contributed by atoms with E-state index in [1.54, 1.807) is 18.3 Å². The van der Waals surface area contributed by atoms with Gasteiger partial charge in [-0.15, -0.1) is 0 Å². The SMILES string of the molecule is O=[N+]([O-])c1nc(Br)n(Cc2ccnc(Cl)c2)n1. The van der Waals surface area contributed by atoms with Crippen LogP contribution in [0.1, 0.15) is 5.56 Å². The third-order valence-corrected chi connectivity index (χ3v) is 2.70. The lowest BCUT2D eigenvalue weighted by atomic mass is 10.3. The van der Waals surface area contributed by atoms with Crippen LogP contribution in [0.4, 0.5) is 5.95 Å². The molecular formula is C8H5BrClN5O2. The fourth-order valence-corrected chi connectivity index (χ4v) is 1.76. The van der Waals surface area contributed by atoms with E-state index in [1.165, 1.54) is 4.68 Å². The molecule has 0 aliphatic heterocycles. The van der Waals surface area contributed by atoms with Crippen molar-refractivity contribution in [2.45, 2.75) is 6.54 Å². The Hall–Kier alpha value is -1.54. The van der Waals surface area contributed by atoms with Gasteiger partial charge in [-0.25, -0.2) is 4.98 Å². The Labute approximate surface area is 109 Å². The standard InChI is InChI=1S/C8H5BrClN5O2/c9-7-12-8(15(16)17)13-14(7)4-5-1-2-11-6(10)3-5/h1-3H,4H2. The summed E-state index contributed by atoms with van der Waals surface area (Å²) >= 11 is 8.83. The average molecular weight is 319 g/mol. The first-order valence-electron chi connectivity index (χ1n) is 4.41. The van der Waals surface area contributed by atoms with Crippen LogP contribution in [0.2, 0.25) is 5.15 Å². The Morgan fingerprint density at radius 2 is 2.35 bits per heavy atom. The molecule has 0 saturated carbocycles. The summed E-state index contributed by atoms with van der Waals surface area (Å²) < 4.78 is 1.65. The van der Waals surface area contributed by atoms with E-state index in [0.717, 1.165) is 5.56 Å². The zero-order valence-electron chi connectivity index (χ0n) is 8.25. The van der Waals surface area contributed by atoms with E-state index in [9.17, 15) is 10.1 Å². The van der Waals surface area contributed by atoms with Crippen molar-refractivity contribution in [1.82, 2.24) is 19.7 Å². The van der Waals surface area contributed by atoms with Crippen LogP contribution in [-0.2, 0) is 6.54 Å². The number of halogens is 2. The molecule has 0 fully saturated rings. The lowest BCUT2D eigenvalue weighted by Gasteiger charge is -1.98. The summed E-state index contributed by atoms with van der Waals surface area (Å²) in [6, 6.07) is 3.40. The van der Waals surface area contributed by atoms with Crippen LogP contribution in [0, 0.1) is 10.1 Å². The summed E-state index contributed by atoms with van der Waals surface area (Å²) in [5.74, 6) is -0.447. The maximum Gasteiger partial charge on any atom is 0.492 e. The number of nitrogens with zero attached hydrogens (tertiary/aromatic N) is 5. The van der Waals surface area contributed by atoms with E-state index in [4.69, 9.17) is 11.6 Å². The van der Waals surface area contributed by atoms with Crippen LogP contribution < -0.4 is 0 Å². The highest BCUT2D eigenvalue weighted by molar-refractivity contribution is 9.10. The Morgan fingerprint density at radius 3 is 2.94 bits per heavy atom. The van der Waals surface area contributed by atoms with E-state index in [2.05, 4.69) is 31.0 Å². The van der Waals surface area contributed by atoms with Crippen molar-refractivity contribution in [1.29, 1.82) is 0 Å². The largest absolute Gasteiger partial charge is 0.492 e. The second-order valence-corrected chi connectivity index (χ2v) is 4.18. The molecule has 0 aliphatic carbocycles. The minimum Gasteiger partial charge on any atom is -0.390 e. The maximum atomic E-state index is 10.5. The zero-order valence-corrected chi connectivity index (χ0v) is 10.6. The zero-order chi connectivity index (χ0) is 12.4. The third kappa shape index (κ3) is 2.77. The lowest BCUT2D eigenvalue weighted by molar-refractivity contribution is -0.394. The first kappa shape index (κ1) is 11.9. The number of aromatic nitrogens is 4. The van der Waals surface area contributed by atoms with Crippen molar-refractivity contribution >= 4 is 33.5 Å². The second-order valence-electron chi connectivity index (χ2n) is 3.08. The summed E-state index contributed by atoms with van der Waals surface area (Å²) in [5.41, 5.74) is 0.825. The van der Waals surface area contributed by atoms with Crippen molar-refractivity contribution in [2.75, 3.05) is 0 Å². The minimum absolute atomic E-state index is 0.289.